The first-order valence-electron chi connectivity index (χ1n) is 10.2. The summed E-state index contributed by atoms with van der Waals surface area (Å²) in [6, 6.07) is 19.0. The molecule has 5 nitrogen and oxygen atoms in total. The number of halogens is 2. The predicted molar refractivity (Wildman–Crippen MR) is 132 cm³/mol. The summed E-state index contributed by atoms with van der Waals surface area (Å²) in [7, 11) is -4.11. The second kappa shape index (κ2) is 9.43. The number of hydrogen-bond acceptors (Lipinski definition) is 3. The van der Waals surface area contributed by atoms with Crippen molar-refractivity contribution < 1.29 is 18.3 Å². The fourth-order valence-electron chi connectivity index (χ4n) is 4.08. The molecule has 0 aromatic heterocycles. The Morgan fingerprint density at radius 1 is 1.03 bits per heavy atom. The highest BCUT2D eigenvalue weighted by Crippen LogP contribution is 2.46. The molecular weight excluding hydrogens is 526 g/mol. The van der Waals surface area contributed by atoms with E-state index >= 15 is 0 Å². The van der Waals surface area contributed by atoms with Crippen LogP contribution < -0.4 is 0 Å². The third-order valence-electron chi connectivity index (χ3n) is 5.68. The zero-order valence-corrected chi connectivity index (χ0v) is 20.8. The lowest BCUT2D eigenvalue weighted by molar-refractivity contribution is -0.133. The van der Waals surface area contributed by atoms with Crippen molar-refractivity contribution in [3.8, 4) is 0 Å². The summed E-state index contributed by atoms with van der Waals surface area (Å²) in [5.74, 6) is -1.15. The van der Waals surface area contributed by atoms with Crippen LogP contribution in [-0.2, 0) is 14.8 Å². The Hall–Kier alpha value is -2.45. The minimum Gasteiger partial charge on any atom is -0.478 e. The monoisotopic (exact) mass is 545 g/mol. The Bertz CT molecular complexity index is 1320. The van der Waals surface area contributed by atoms with Crippen molar-refractivity contribution in [1.29, 1.82) is 0 Å². The molecule has 0 bridgehead atoms. The van der Waals surface area contributed by atoms with Crippen LogP contribution in [0, 0.1) is 6.92 Å². The molecule has 0 aliphatic carbocycles. The van der Waals surface area contributed by atoms with Crippen molar-refractivity contribution in [3.05, 3.63) is 111 Å². The van der Waals surface area contributed by atoms with Crippen LogP contribution >= 0.6 is 27.5 Å². The fraction of sp³-hybridized carbons (Fsp3) is 0.160. The third-order valence-corrected chi connectivity index (χ3v) is 8.31. The predicted octanol–water partition coefficient (Wildman–Crippen LogP) is 6.30. The Balaban J connectivity index is 1.97. The Morgan fingerprint density at radius 3 is 2.30 bits per heavy atom. The lowest BCUT2D eigenvalue weighted by Gasteiger charge is -2.40. The largest absolute Gasteiger partial charge is 0.478 e. The first kappa shape index (κ1) is 23.7. The van der Waals surface area contributed by atoms with Crippen LogP contribution in [0.3, 0.4) is 0 Å². The normalized spacial score (nSPS) is 19.2. The molecule has 2 atom stereocenters. The van der Waals surface area contributed by atoms with E-state index in [0.717, 1.165) is 15.6 Å². The Morgan fingerprint density at radius 2 is 1.70 bits per heavy atom. The quantitative estimate of drug-likeness (QED) is 0.408. The molecule has 3 aromatic rings. The first-order valence-corrected chi connectivity index (χ1v) is 12.8. The van der Waals surface area contributed by atoms with Gasteiger partial charge in [0.2, 0.25) is 10.0 Å². The van der Waals surface area contributed by atoms with E-state index in [4.69, 9.17) is 11.6 Å². The topological polar surface area (TPSA) is 74.7 Å². The molecule has 1 aliphatic rings. The molecule has 1 aliphatic heterocycles. The number of hydrogen-bond donors (Lipinski definition) is 1. The second-order valence-corrected chi connectivity index (χ2v) is 11.1. The number of rotatable bonds is 5. The van der Waals surface area contributed by atoms with Crippen LogP contribution in [0.15, 0.2) is 93.8 Å². The van der Waals surface area contributed by atoms with Gasteiger partial charge in [0.15, 0.2) is 0 Å². The van der Waals surface area contributed by atoms with Crippen LogP contribution in [0.5, 0.6) is 0 Å². The fourth-order valence-corrected chi connectivity index (χ4v) is 6.41. The molecule has 4 rings (SSSR count). The first-order chi connectivity index (χ1) is 15.7. The Kier molecular flexibility index (Phi) is 6.77. The molecule has 0 saturated carbocycles. The van der Waals surface area contributed by atoms with Crippen LogP contribution in [0.25, 0.3) is 0 Å². The SMILES string of the molecule is Cc1ccc([C@@H]2CC=C(C(=O)O)C(c3cccc(Br)c3)N2S(=O)(=O)c2ccc(Cl)cc2)cc1. The molecule has 1 unspecified atom stereocenters. The molecule has 0 radical (unpaired) electrons. The number of benzene rings is 3. The summed E-state index contributed by atoms with van der Waals surface area (Å²) in [5.41, 5.74) is 2.42. The lowest BCUT2D eigenvalue weighted by atomic mass is 9.89. The van der Waals surface area contributed by atoms with Crippen LogP contribution in [0.4, 0.5) is 0 Å². The standard InChI is InChI=1S/C25H21BrClNO4S/c1-16-5-7-17(8-6-16)23-14-13-22(25(29)30)24(18-3-2-4-19(26)15-18)28(23)33(31,32)21-11-9-20(27)10-12-21/h2-13,15,23-24H,14H2,1H3,(H,29,30)/t23-,24?/m0/s1. The van der Waals surface area contributed by atoms with Gasteiger partial charge in [-0.15, -0.1) is 0 Å². The number of carbonyl (C=O) groups is 1. The van der Waals surface area contributed by atoms with Gasteiger partial charge >= 0.3 is 5.97 Å². The number of sulfonamides is 1. The van der Waals surface area contributed by atoms with Gasteiger partial charge in [0.05, 0.1) is 22.6 Å². The van der Waals surface area contributed by atoms with Crippen molar-refractivity contribution in [1.82, 2.24) is 4.31 Å². The summed E-state index contributed by atoms with van der Waals surface area (Å²) < 4.78 is 30.1. The van der Waals surface area contributed by atoms with Crippen molar-refractivity contribution in [2.75, 3.05) is 0 Å². The van der Waals surface area contributed by atoms with Gasteiger partial charge in [-0.2, -0.15) is 4.31 Å². The number of nitrogens with zero attached hydrogens (tertiary/aromatic N) is 1. The molecular formula is C25H21BrClNO4S. The summed E-state index contributed by atoms with van der Waals surface area (Å²) in [4.78, 5) is 12.3. The van der Waals surface area contributed by atoms with Gasteiger partial charge in [-0.1, -0.05) is 75.6 Å². The van der Waals surface area contributed by atoms with Gasteiger partial charge in [-0.25, -0.2) is 13.2 Å². The molecule has 33 heavy (non-hydrogen) atoms. The van der Waals surface area contributed by atoms with Gasteiger partial charge in [-0.05, 0) is 60.9 Å². The van der Waals surface area contributed by atoms with Crippen LogP contribution in [0.2, 0.25) is 5.02 Å². The average molecular weight is 547 g/mol. The van der Waals surface area contributed by atoms with Gasteiger partial charge in [0.25, 0.3) is 0 Å². The summed E-state index contributed by atoms with van der Waals surface area (Å²) in [5, 5.41) is 10.4. The van der Waals surface area contributed by atoms with E-state index in [-0.39, 0.29) is 16.9 Å². The molecule has 1 heterocycles. The van der Waals surface area contributed by atoms with E-state index in [1.54, 1.807) is 24.3 Å². The molecule has 0 saturated heterocycles. The van der Waals surface area contributed by atoms with Crippen molar-refractivity contribution in [2.45, 2.75) is 30.3 Å². The van der Waals surface area contributed by atoms with Crippen molar-refractivity contribution >= 4 is 43.5 Å². The van der Waals surface area contributed by atoms with E-state index in [2.05, 4.69) is 15.9 Å². The minimum absolute atomic E-state index is 0.0222. The zero-order chi connectivity index (χ0) is 23.8. The van der Waals surface area contributed by atoms with Crippen molar-refractivity contribution in [3.63, 3.8) is 0 Å². The van der Waals surface area contributed by atoms with E-state index in [1.807, 2.05) is 37.3 Å². The number of carboxylic acids is 1. The van der Waals surface area contributed by atoms with E-state index in [1.165, 1.54) is 28.6 Å². The highest BCUT2D eigenvalue weighted by atomic mass is 79.9. The van der Waals surface area contributed by atoms with Gasteiger partial charge in [0.1, 0.15) is 0 Å². The van der Waals surface area contributed by atoms with E-state index in [9.17, 15) is 18.3 Å². The molecule has 0 fully saturated rings. The zero-order valence-electron chi connectivity index (χ0n) is 17.7. The van der Waals surface area contributed by atoms with Crippen LogP contribution in [0.1, 0.15) is 35.2 Å². The highest BCUT2D eigenvalue weighted by Gasteiger charge is 2.44. The van der Waals surface area contributed by atoms with Crippen molar-refractivity contribution in [2.24, 2.45) is 0 Å². The summed E-state index contributed by atoms with van der Waals surface area (Å²) >= 11 is 9.42. The molecule has 0 spiro atoms. The maximum Gasteiger partial charge on any atom is 0.333 e. The molecule has 3 aromatic carbocycles. The third kappa shape index (κ3) is 4.77. The maximum atomic E-state index is 14.0. The lowest BCUT2D eigenvalue weighted by Crippen LogP contribution is -2.42. The van der Waals surface area contributed by atoms with Gasteiger partial charge < -0.3 is 5.11 Å². The summed E-state index contributed by atoms with van der Waals surface area (Å²) in [6.45, 7) is 1.96. The smallest absolute Gasteiger partial charge is 0.333 e. The van der Waals surface area contributed by atoms with Crippen LogP contribution in [-0.4, -0.2) is 23.8 Å². The van der Waals surface area contributed by atoms with E-state index in [0.29, 0.717) is 10.6 Å². The molecule has 170 valence electrons. The minimum atomic E-state index is -4.11. The number of aryl methyl sites for hydroxylation is 1. The van der Waals surface area contributed by atoms with E-state index < -0.39 is 28.1 Å². The Labute approximate surface area is 206 Å². The molecule has 1 N–H and O–H groups in total. The molecule has 8 heteroatoms. The number of aliphatic carboxylic acids is 1. The highest BCUT2D eigenvalue weighted by molar-refractivity contribution is 9.10. The molecule has 0 amide bonds. The number of carboxylic acid groups (broad SMARTS) is 1. The summed E-state index contributed by atoms with van der Waals surface area (Å²) in [6.07, 6.45) is 1.87. The maximum absolute atomic E-state index is 14.0. The second-order valence-electron chi connectivity index (χ2n) is 7.87. The van der Waals surface area contributed by atoms with Gasteiger partial charge in [-0.3, -0.25) is 0 Å². The average Bonchev–Trinajstić information content (AvgIpc) is 2.79. The van der Waals surface area contributed by atoms with Gasteiger partial charge in [0, 0.05) is 9.50 Å².